The van der Waals surface area contributed by atoms with Gasteiger partial charge in [-0.2, -0.15) is 0 Å². The van der Waals surface area contributed by atoms with Gasteiger partial charge in [0.25, 0.3) is 0 Å². The number of benzene rings is 2. The van der Waals surface area contributed by atoms with Crippen LogP contribution in [-0.2, 0) is 6.61 Å². The second-order valence-corrected chi connectivity index (χ2v) is 6.26. The zero-order chi connectivity index (χ0) is 20.1. The standard InChI is InChI=1S/C21H20N2O5/c1-14-5-4-6-17(11-14)13-27-18-9-7-16(12-20(18)26-3)8-10-19-21(23(24)25)15(2)22-28-19/h4-12H,13H2,1-3H3/b10-8+. The molecular weight excluding hydrogens is 360 g/mol. The Morgan fingerprint density at radius 1 is 1.14 bits per heavy atom. The first-order chi connectivity index (χ1) is 13.5. The van der Waals surface area contributed by atoms with E-state index in [1.54, 1.807) is 25.3 Å². The molecule has 3 rings (SSSR count). The Bertz CT molecular complexity index is 1020. The van der Waals surface area contributed by atoms with Crippen molar-refractivity contribution in [3.8, 4) is 11.5 Å². The quantitative estimate of drug-likeness (QED) is 0.425. The topological polar surface area (TPSA) is 87.6 Å². The van der Waals surface area contributed by atoms with E-state index in [2.05, 4.69) is 11.2 Å². The molecule has 0 fully saturated rings. The second-order valence-electron chi connectivity index (χ2n) is 6.26. The van der Waals surface area contributed by atoms with Gasteiger partial charge in [0.1, 0.15) is 6.61 Å². The first-order valence-corrected chi connectivity index (χ1v) is 8.63. The highest BCUT2D eigenvalue weighted by atomic mass is 16.6. The maximum Gasteiger partial charge on any atom is 0.338 e. The highest BCUT2D eigenvalue weighted by molar-refractivity contribution is 5.72. The average Bonchev–Trinajstić information content (AvgIpc) is 3.05. The van der Waals surface area contributed by atoms with Crippen molar-refractivity contribution >= 4 is 17.8 Å². The van der Waals surface area contributed by atoms with Gasteiger partial charge in [0.2, 0.25) is 5.76 Å². The van der Waals surface area contributed by atoms with Crippen LogP contribution < -0.4 is 9.47 Å². The predicted molar refractivity (Wildman–Crippen MR) is 105 cm³/mol. The lowest BCUT2D eigenvalue weighted by Crippen LogP contribution is -1.98. The van der Waals surface area contributed by atoms with Gasteiger partial charge in [-0.25, -0.2) is 0 Å². The van der Waals surface area contributed by atoms with Gasteiger partial charge in [0.15, 0.2) is 17.2 Å². The monoisotopic (exact) mass is 380 g/mol. The number of aryl methyl sites for hydroxylation is 2. The van der Waals surface area contributed by atoms with Crippen molar-refractivity contribution in [3.63, 3.8) is 0 Å². The van der Waals surface area contributed by atoms with Crippen LogP contribution in [0.3, 0.4) is 0 Å². The molecule has 0 saturated heterocycles. The fourth-order valence-electron chi connectivity index (χ4n) is 2.76. The van der Waals surface area contributed by atoms with Crippen molar-refractivity contribution in [2.24, 2.45) is 0 Å². The van der Waals surface area contributed by atoms with Crippen LogP contribution in [0.1, 0.15) is 28.1 Å². The van der Waals surface area contributed by atoms with Gasteiger partial charge in [-0.05, 0) is 43.2 Å². The van der Waals surface area contributed by atoms with E-state index in [4.69, 9.17) is 14.0 Å². The average molecular weight is 380 g/mol. The number of nitro groups is 1. The van der Waals surface area contributed by atoms with E-state index < -0.39 is 4.92 Å². The van der Waals surface area contributed by atoms with Crippen molar-refractivity contribution in [1.82, 2.24) is 5.16 Å². The van der Waals surface area contributed by atoms with Crippen molar-refractivity contribution in [2.45, 2.75) is 20.5 Å². The maximum atomic E-state index is 11.1. The molecule has 0 radical (unpaired) electrons. The van der Waals surface area contributed by atoms with Crippen molar-refractivity contribution in [3.05, 3.63) is 80.7 Å². The highest BCUT2D eigenvalue weighted by Gasteiger charge is 2.21. The minimum Gasteiger partial charge on any atom is -0.493 e. The summed E-state index contributed by atoms with van der Waals surface area (Å²) >= 11 is 0. The summed E-state index contributed by atoms with van der Waals surface area (Å²) in [6, 6.07) is 13.5. The van der Waals surface area contributed by atoms with Crippen LogP contribution in [0.15, 0.2) is 47.0 Å². The highest BCUT2D eigenvalue weighted by Crippen LogP contribution is 2.30. The van der Waals surface area contributed by atoms with Crippen LogP contribution >= 0.6 is 0 Å². The molecule has 7 heteroatoms. The molecule has 1 aromatic heterocycles. The lowest BCUT2D eigenvalue weighted by molar-refractivity contribution is -0.386. The molecule has 0 saturated carbocycles. The molecule has 0 aliphatic rings. The molecule has 0 aliphatic carbocycles. The van der Waals surface area contributed by atoms with E-state index in [-0.39, 0.29) is 17.1 Å². The van der Waals surface area contributed by atoms with Gasteiger partial charge < -0.3 is 14.0 Å². The molecule has 0 amide bonds. The summed E-state index contributed by atoms with van der Waals surface area (Å²) in [6.45, 7) is 3.99. The molecular formula is C21H20N2O5. The number of hydrogen-bond donors (Lipinski definition) is 0. The summed E-state index contributed by atoms with van der Waals surface area (Å²) in [7, 11) is 1.56. The summed E-state index contributed by atoms with van der Waals surface area (Å²) < 4.78 is 16.3. The number of aromatic nitrogens is 1. The fraction of sp³-hybridized carbons (Fsp3) is 0.190. The smallest absolute Gasteiger partial charge is 0.338 e. The third kappa shape index (κ3) is 4.37. The first kappa shape index (κ1) is 19.2. The second kappa shape index (κ2) is 8.39. The molecule has 28 heavy (non-hydrogen) atoms. The SMILES string of the molecule is COc1cc(/C=C/c2onc(C)c2[N+](=O)[O-])ccc1OCc1cccc(C)c1. The van der Waals surface area contributed by atoms with Crippen LogP contribution in [0.2, 0.25) is 0 Å². The van der Waals surface area contributed by atoms with Gasteiger partial charge in [-0.1, -0.05) is 47.1 Å². The lowest BCUT2D eigenvalue weighted by Gasteiger charge is -2.11. The largest absolute Gasteiger partial charge is 0.493 e. The molecule has 144 valence electrons. The molecule has 0 unspecified atom stereocenters. The Balaban J connectivity index is 1.77. The number of hydrogen-bond acceptors (Lipinski definition) is 6. The van der Waals surface area contributed by atoms with Crippen LogP contribution in [0.25, 0.3) is 12.2 Å². The van der Waals surface area contributed by atoms with E-state index >= 15 is 0 Å². The lowest BCUT2D eigenvalue weighted by atomic mass is 10.1. The molecule has 0 N–H and O–H groups in total. The third-order valence-corrected chi connectivity index (χ3v) is 4.13. The summed E-state index contributed by atoms with van der Waals surface area (Å²) in [6.07, 6.45) is 3.21. The number of ether oxygens (including phenoxy) is 2. The van der Waals surface area contributed by atoms with Crippen molar-refractivity contribution in [2.75, 3.05) is 7.11 Å². The molecule has 0 spiro atoms. The Labute approximate surface area is 162 Å². The van der Waals surface area contributed by atoms with Gasteiger partial charge >= 0.3 is 5.69 Å². The number of nitrogens with zero attached hydrogens (tertiary/aromatic N) is 2. The van der Waals surface area contributed by atoms with E-state index in [1.165, 1.54) is 18.6 Å². The molecule has 3 aromatic rings. The number of rotatable bonds is 7. The van der Waals surface area contributed by atoms with Gasteiger partial charge in [0, 0.05) is 0 Å². The molecule has 0 aliphatic heterocycles. The van der Waals surface area contributed by atoms with Crippen molar-refractivity contribution in [1.29, 1.82) is 0 Å². The Morgan fingerprint density at radius 2 is 1.96 bits per heavy atom. The normalized spacial score (nSPS) is 11.0. The predicted octanol–water partition coefficient (Wildman–Crippen LogP) is 4.96. The third-order valence-electron chi connectivity index (χ3n) is 4.13. The fourth-order valence-corrected chi connectivity index (χ4v) is 2.76. The zero-order valence-electron chi connectivity index (χ0n) is 15.8. The Kier molecular flexibility index (Phi) is 5.74. The van der Waals surface area contributed by atoms with Gasteiger partial charge in [0.05, 0.1) is 12.0 Å². The zero-order valence-corrected chi connectivity index (χ0v) is 15.8. The van der Waals surface area contributed by atoms with Gasteiger partial charge in [-0.3, -0.25) is 10.1 Å². The van der Waals surface area contributed by atoms with Crippen LogP contribution in [0, 0.1) is 24.0 Å². The molecule has 0 atom stereocenters. The Hall–Kier alpha value is -3.61. The minimum atomic E-state index is -0.506. The summed E-state index contributed by atoms with van der Waals surface area (Å²) in [5.41, 5.74) is 3.12. The van der Waals surface area contributed by atoms with E-state index in [0.717, 1.165) is 11.1 Å². The first-order valence-electron chi connectivity index (χ1n) is 8.63. The molecule has 7 nitrogen and oxygen atoms in total. The minimum absolute atomic E-state index is 0.0984. The van der Waals surface area contributed by atoms with Crippen LogP contribution in [0.4, 0.5) is 5.69 Å². The van der Waals surface area contributed by atoms with Crippen molar-refractivity contribution < 1.29 is 18.9 Å². The summed E-state index contributed by atoms with van der Waals surface area (Å²) in [5.74, 6) is 1.28. The maximum absolute atomic E-state index is 11.1. The van der Waals surface area contributed by atoms with Crippen LogP contribution in [0.5, 0.6) is 11.5 Å². The summed E-state index contributed by atoms with van der Waals surface area (Å²) in [5, 5.41) is 14.7. The van der Waals surface area contributed by atoms with E-state index in [0.29, 0.717) is 18.1 Å². The Morgan fingerprint density at radius 3 is 2.68 bits per heavy atom. The van der Waals surface area contributed by atoms with Crippen LogP contribution in [-0.4, -0.2) is 17.2 Å². The molecule has 0 bridgehead atoms. The van der Waals surface area contributed by atoms with E-state index in [1.807, 2.05) is 31.2 Å². The van der Waals surface area contributed by atoms with E-state index in [9.17, 15) is 10.1 Å². The number of methoxy groups -OCH3 is 1. The molecule has 1 heterocycles. The van der Waals surface area contributed by atoms with Gasteiger partial charge in [-0.15, -0.1) is 0 Å². The summed E-state index contributed by atoms with van der Waals surface area (Å²) in [4.78, 5) is 10.6. The molecule has 2 aromatic carbocycles.